The second kappa shape index (κ2) is 12.7. The molecular weight excluding hydrogens is 540 g/mol. The van der Waals surface area contributed by atoms with E-state index >= 15 is 0 Å². The van der Waals surface area contributed by atoms with Gasteiger partial charge in [0.25, 0.3) is 0 Å². The average Bonchev–Trinajstić information content (AvgIpc) is 3.30. The standard InChI is InChI=1S/C37H62O6/c1-11-34(5,6)33(40)42-26-19-20-36(9)25(21-26)14-15-27-29-17-16-28(23(3)13-18-32(39)43-35(7,8)12-2)37(29,10)31(22-30(27)36)41-24(4)38/h23,25-31H,11-22H2,1-10H3/t23?,25?,26?,27?,28?,29?,30?,31?,36-,37+/m0/s1. The lowest BCUT2D eigenvalue weighted by molar-refractivity contribution is -0.199. The maximum atomic E-state index is 12.9. The van der Waals surface area contributed by atoms with Gasteiger partial charge in [0.1, 0.15) is 17.8 Å². The fraction of sp³-hybridized carbons (Fsp3) is 0.919. The molecule has 0 heterocycles. The molecule has 4 aliphatic rings. The van der Waals surface area contributed by atoms with Gasteiger partial charge >= 0.3 is 17.9 Å². The van der Waals surface area contributed by atoms with E-state index in [9.17, 15) is 14.4 Å². The molecule has 10 atom stereocenters. The maximum Gasteiger partial charge on any atom is 0.311 e. The number of fused-ring (bicyclic) bond motifs is 5. The third kappa shape index (κ3) is 6.69. The van der Waals surface area contributed by atoms with Gasteiger partial charge in [-0.1, -0.05) is 34.6 Å². The average molecular weight is 603 g/mol. The van der Waals surface area contributed by atoms with E-state index in [2.05, 4.69) is 20.8 Å². The van der Waals surface area contributed by atoms with Crippen molar-refractivity contribution in [2.45, 2.75) is 164 Å². The number of esters is 3. The minimum absolute atomic E-state index is 0.0115. The van der Waals surface area contributed by atoms with E-state index in [1.54, 1.807) is 6.92 Å². The molecule has 0 aromatic carbocycles. The van der Waals surface area contributed by atoms with Crippen molar-refractivity contribution in [3.63, 3.8) is 0 Å². The maximum absolute atomic E-state index is 12.9. The highest BCUT2D eigenvalue weighted by molar-refractivity contribution is 5.76. The van der Waals surface area contributed by atoms with Crippen molar-refractivity contribution in [1.82, 2.24) is 0 Å². The van der Waals surface area contributed by atoms with Crippen LogP contribution in [0.1, 0.15) is 146 Å². The quantitative estimate of drug-likeness (QED) is 0.184. The van der Waals surface area contributed by atoms with E-state index in [0.717, 1.165) is 51.4 Å². The molecule has 0 spiro atoms. The molecule has 0 amide bonds. The molecule has 4 fully saturated rings. The highest BCUT2D eigenvalue weighted by atomic mass is 16.6. The molecule has 246 valence electrons. The van der Waals surface area contributed by atoms with Crippen LogP contribution in [0, 0.1) is 51.8 Å². The fourth-order valence-corrected chi connectivity index (χ4v) is 10.0. The molecule has 0 N–H and O–H groups in total. The summed E-state index contributed by atoms with van der Waals surface area (Å²) < 4.78 is 18.2. The van der Waals surface area contributed by atoms with Gasteiger partial charge in [0, 0.05) is 18.8 Å². The molecule has 4 aliphatic carbocycles. The Balaban J connectivity index is 1.50. The molecule has 0 aromatic heterocycles. The third-order valence-electron chi connectivity index (χ3n) is 13.5. The Bertz CT molecular complexity index is 1030. The number of ether oxygens (including phenoxy) is 3. The second-order valence-corrected chi connectivity index (χ2v) is 16.7. The Morgan fingerprint density at radius 1 is 0.884 bits per heavy atom. The minimum Gasteiger partial charge on any atom is -0.462 e. The van der Waals surface area contributed by atoms with Gasteiger partial charge in [0.2, 0.25) is 0 Å². The van der Waals surface area contributed by atoms with E-state index in [1.165, 1.54) is 19.3 Å². The number of rotatable bonds is 10. The first-order valence-electron chi connectivity index (χ1n) is 17.6. The summed E-state index contributed by atoms with van der Waals surface area (Å²) in [5, 5.41) is 0. The largest absolute Gasteiger partial charge is 0.462 e. The Morgan fingerprint density at radius 2 is 1.58 bits per heavy atom. The highest BCUT2D eigenvalue weighted by Crippen LogP contribution is 2.69. The van der Waals surface area contributed by atoms with Gasteiger partial charge < -0.3 is 14.2 Å². The van der Waals surface area contributed by atoms with E-state index < -0.39 is 11.0 Å². The zero-order chi connectivity index (χ0) is 32.0. The van der Waals surface area contributed by atoms with Crippen LogP contribution in [-0.4, -0.2) is 35.7 Å². The SMILES string of the molecule is CCC(C)(C)OC(=O)CCC(C)C1CCC2C3CCC4CC(OC(=O)C(C)(C)CC)CC[C@]4(C)C3CC(OC(C)=O)[C@]12C. The number of hydrogen-bond acceptors (Lipinski definition) is 6. The summed E-state index contributed by atoms with van der Waals surface area (Å²) >= 11 is 0. The fourth-order valence-electron chi connectivity index (χ4n) is 10.0. The summed E-state index contributed by atoms with van der Waals surface area (Å²) in [7, 11) is 0. The molecule has 0 saturated heterocycles. The van der Waals surface area contributed by atoms with Crippen LogP contribution in [0.2, 0.25) is 0 Å². The minimum atomic E-state index is -0.438. The molecule has 6 nitrogen and oxygen atoms in total. The lowest BCUT2D eigenvalue weighted by Gasteiger charge is -2.62. The molecule has 0 aromatic rings. The van der Waals surface area contributed by atoms with Gasteiger partial charge in [-0.2, -0.15) is 0 Å². The van der Waals surface area contributed by atoms with Gasteiger partial charge in [0.05, 0.1) is 5.41 Å². The lowest BCUT2D eigenvalue weighted by atomic mass is 9.43. The topological polar surface area (TPSA) is 78.9 Å². The summed E-state index contributed by atoms with van der Waals surface area (Å²) in [5.41, 5.74) is -0.774. The van der Waals surface area contributed by atoms with Crippen molar-refractivity contribution in [3.05, 3.63) is 0 Å². The summed E-state index contributed by atoms with van der Waals surface area (Å²) in [4.78, 5) is 38.1. The molecule has 8 unspecified atom stereocenters. The second-order valence-electron chi connectivity index (χ2n) is 16.7. The van der Waals surface area contributed by atoms with Crippen LogP contribution in [0.4, 0.5) is 0 Å². The first kappa shape index (κ1) is 34.3. The zero-order valence-corrected chi connectivity index (χ0v) is 29.1. The predicted molar refractivity (Wildman–Crippen MR) is 169 cm³/mol. The summed E-state index contributed by atoms with van der Waals surface area (Å²) in [6, 6.07) is 0. The van der Waals surface area contributed by atoms with E-state index in [-0.39, 0.29) is 40.9 Å². The van der Waals surface area contributed by atoms with Gasteiger partial charge in [0.15, 0.2) is 0 Å². The monoisotopic (exact) mass is 602 g/mol. The first-order chi connectivity index (χ1) is 20.0. The Hall–Kier alpha value is -1.59. The van der Waals surface area contributed by atoms with E-state index in [4.69, 9.17) is 14.2 Å². The van der Waals surface area contributed by atoms with Crippen LogP contribution in [0.5, 0.6) is 0 Å². The van der Waals surface area contributed by atoms with Crippen molar-refractivity contribution in [3.8, 4) is 0 Å². The third-order valence-corrected chi connectivity index (χ3v) is 13.5. The van der Waals surface area contributed by atoms with Gasteiger partial charge in [-0.15, -0.1) is 0 Å². The van der Waals surface area contributed by atoms with Crippen LogP contribution >= 0.6 is 0 Å². The van der Waals surface area contributed by atoms with Crippen LogP contribution in [-0.2, 0) is 28.6 Å². The van der Waals surface area contributed by atoms with Crippen molar-refractivity contribution < 1.29 is 28.6 Å². The van der Waals surface area contributed by atoms with Crippen molar-refractivity contribution in [2.75, 3.05) is 0 Å². The van der Waals surface area contributed by atoms with Crippen LogP contribution < -0.4 is 0 Å². The molecule has 4 saturated carbocycles. The van der Waals surface area contributed by atoms with Crippen molar-refractivity contribution >= 4 is 17.9 Å². The van der Waals surface area contributed by atoms with Gasteiger partial charge in [-0.25, -0.2) is 0 Å². The van der Waals surface area contributed by atoms with Crippen LogP contribution in [0.3, 0.4) is 0 Å². The Kier molecular flexibility index (Phi) is 10.1. The number of carbonyl (C=O) groups is 3. The van der Waals surface area contributed by atoms with Gasteiger partial charge in [-0.3, -0.25) is 14.4 Å². The Morgan fingerprint density at radius 3 is 2.21 bits per heavy atom. The van der Waals surface area contributed by atoms with Crippen molar-refractivity contribution in [1.29, 1.82) is 0 Å². The number of carbonyl (C=O) groups excluding carboxylic acids is 3. The predicted octanol–water partition coefficient (Wildman–Crippen LogP) is 8.68. The molecular formula is C37H62O6. The summed E-state index contributed by atoms with van der Waals surface area (Å²) in [6.07, 6.45) is 11.3. The lowest BCUT2D eigenvalue weighted by Crippen LogP contribution is -2.59. The first-order valence-corrected chi connectivity index (χ1v) is 17.6. The zero-order valence-electron chi connectivity index (χ0n) is 29.1. The molecule has 6 heteroatoms. The van der Waals surface area contributed by atoms with Crippen LogP contribution in [0.25, 0.3) is 0 Å². The smallest absolute Gasteiger partial charge is 0.311 e. The van der Waals surface area contributed by atoms with E-state index in [1.807, 2.05) is 41.5 Å². The molecule has 43 heavy (non-hydrogen) atoms. The highest BCUT2D eigenvalue weighted by Gasteiger charge is 2.65. The molecule has 0 aliphatic heterocycles. The molecule has 4 rings (SSSR count). The summed E-state index contributed by atoms with van der Waals surface area (Å²) in [5.74, 6) is 2.61. The number of hydrogen-bond donors (Lipinski definition) is 0. The Labute approximate surface area is 262 Å². The van der Waals surface area contributed by atoms with Crippen LogP contribution in [0.15, 0.2) is 0 Å². The molecule has 0 radical (unpaired) electrons. The van der Waals surface area contributed by atoms with E-state index in [0.29, 0.717) is 41.9 Å². The molecule has 0 bridgehead atoms. The van der Waals surface area contributed by atoms with Crippen molar-refractivity contribution in [2.24, 2.45) is 51.8 Å². The van der Waals surface area contributed by atoms with Gasteiger partial charge in [-0.05, 0) is 139 Å². The summed E-state index contributed by atoms with van der Waals surface area (Å²) in [6.45, 7) is 20.8. The normalized spacial score (nSPS) is 38.2.